The number of fused-ring (bicyclic) bond motifs is 1. The highest BCUT2D eigenvalue weighted by Crippen LogP contribution is 2.33. The number of ether oxygens (including phenoxy) is 3. The fraction of sp³-hybridized carbons (Fsp3) is 0.250. The molecule has 0 saturated carbocycles. The van der Waals surface area contributed by atoms with Gasteiger partial charge in [0.15, 0.2) is 11.6 Å². The van der Waals surface area contributed by atoms with E-state index in [9.17, 15) is 4.79 Å². The van der Waals surface area contributed by atoms with Gasteiger partial charge >= 0.3 is 0 Å². The molecule has 3 heterocycles. The molecule has 48 heavy (non-hydrogen) atoms. The summed E-state index contributed by atoms with van der Waals surface area (Å²) in [4.78, 5) is 13.8. The van der Waals surface area contributed by atoms with E-state index < -0.39 is 0 Å². The van der Waals surface area contributed by atoms with Crippen LogP contribution in [0.3, 0.4) is 0 Å². The van der Waals surface area contributed by atoms with Crippen molar-refractivity contribution in [2.45, 2.75) is 40.0 Å². The maximum atomic E-state index is 13.8. The van der Waals surface area contributed by atoms with Gasteiger partial charge in [-0.3, -0.25) is 14.2 Å². The van der Waals surface area contributed by atoms with Crippen molar-refractivity contribution in [3.63, 3.8) is 0 Å². The maximum Gasteiger partial charge on any atom is 0.251 e. The van der Waals surface area contributed by atoms with Crippen molar-refractivity contribution in [3.05, 3.63) is 102 Å². The van der Waals surface area contributed by atoms with Gasteiger partial charge in [-0.2, -0.15) is 10.2 Å². The monoisotopic (exact) mass is 646 g/mol. The predicted octanol–water partition coefficient (Wildman–Crippen LogP) is 5.68. The number of aromatic nitrogens is 7. The lowest BCUT2D eigenvalue weighted by molar-refractivity contribution is 0.0951. The fourth-order valence-electron chi connectivity index (χ4n) is 5.76. The Balaban J connectivity index is 1.47. The highest BCUT2D eigenvalue weighted by molar-refractivity contribution is 6.03. The normalized spacial score (nSPS) is 11.1. The molecule has 0 unspecified atom stereocenters. The molecule has 0 bridgehead atoms. The van der Waals surface area contributed by atoms with Crippen molar-refractivity contribution in [1.82, 2.24) is 39.6 Å². The van der Waals surface area contributed by atoms with E-state index in [4.69, 9.17) is 24.4 Å². The zero-order valence-corrected chi connectivity index (χ0v) is 27.7. The number of carbonyl (C=O) groups is 1. The summed E-state index contributed by atoms with van der Waals surface area (Å²) in [5, 5.41) is 22.6. The van der Waals surface area contributed by atoms with Crippen LogP contribution in [-0.2, 0) is 26.2 Å². The molecule has 0 aliphatic heterocycles. The molecule has 1 N–H and O–H groups in total. The first-order valence-corrected chi connectivity index (χ1v) is 15.6. The quantitative estimate of drug-likeness (QED) is 0.159. The summed E-state index contributed by atoms with van der Waals surface area (Å²) in [5.41, 5.74) is 5.52. The van der Waals surface area contributed by atoms with Gasteiger partial charge in [-0.25, -0.2) is 0 Å². The largest absolute Gasteiger partial charge is 0.497 e. The summed E-state index contributed by atoms with van der Waals surface area (Å²) in [7, 11) is 4.83. The third kappa shape index (κ3) is 6.24. The van der Waals surface area contributed by atoms with Crippen LogP contribution in [0.4, 0.5) is 0 Å². The van der Waals surface area contributed by atoms with Gasteiger partial charge in [0.2, 0.25) is 0 Å². The standard InChI is InChI=1S/C36H38N8O4/c1-7-15-44-31-18-26(36(45)37-20-25-11-14-28(47-5)19-33(25)48-6)17-29(30(31)21-38-44)34-39-40-35(32-16-23(3)41-43(32)8-2)42(34)22-24-9-12-27(46-4)13-10-24/h7,9-14,16-19,21H,1,8,15,20,22H2,2-6H3,(H,37,45). The zero-order chi connectivity index (χ0) is 33.8. The Morgan fingerprint density at radius 1 is 0.917 bits per heavy atom. The predicted molar refractivity (Wildman–Crippen MR) is 183 cm³/mol. The molecule has 6 rings (SSSR count). The zero-order valence-electron chi connectivity index (χ0n) is 27.7. The molecule has 0 aliphatic rings. The van der Waals surface area contributed by atoms with Crippen LogP contribution in [0.5, 0.6) is 17.2 Å². The average molecular weight is 647 g/mol. The van der Waals surface area contributed by atoms with Gasteiger partial charge < -0.3 is 24.1 Å². The Kier molecular flexibility index (Phi) is 9.24. The lowest BCUT2D eigenvalue weighted by Gasteiger charge is -2.14. The molecular weight excluding hydrogens is 608 g/mol. The summed E-state index contributed by atoms with van der Waals surface area (Å²) >= 11 is 0. The topological polar surface area (TPSA) is 123 Å². The Morgan fingerprint density at radius 3 is 2.38 bits per heavy atom. The van der Waals surface area contributed by atoms with Gasteiger partial charge in [0.25, 0.3) is 5.91 Å². The number of hydrogen-bond acceptors (Lipinski definition) is 8. The van der Waals surface area contributed by atoms with E-state index in [1.165, 1.54) is 0 Å². The number of nitrogens with one attached hydrogen (secondary N) is 1. The summed E-state index contributed by atoms with van der Waals surface area (Å²) < 4.78 is 22.1. The first-order valence-electron chi connectivity index (χ1n) is 15.6. The summed E-state index contributed by atoms with van der Waals surface area (Å²) in [6.45, 7) is 9.75. The molecule has 12 heteroatoms. The highest BCUT2D eigenvalue weighted by Gasteiger charge is 2.24. The van der Waals surface area contributed by atoms with Crippen LogP contribution >= 0.6 is 0 Å². The van der Waals surface area contributed by atoms with Crippen LogP contribution < -0.4 is 19.5 Å². The number of nitrogens with zero attached hydrogens (tertiary/aromatic N) is 7. The fourth-order valence-corrected chi connectivity index (χ4v) is 5.76. The first kappa shape index (κ1) is 32.0. The summed E-state index contributed by atoms with van der Waals surface area (Å²) in [5.74, 6) is 3.06. The second-order valence-electron chi connectivity index (χ2n) is 11.2. The van der Waals surface area contributed by atoms with Gasteiger partial charge in [0.1, 0.15) is 22.9 Å². The smallest absolute Gasteiger partial charge is 0.251 e. The molecule has 0 saturated heterocycles. The number of benzene rings is 3. The van der Waals surface area contributed by atoms with Gasteiger partial charge in [-0.1, -0.05) is 18.2 Å². The average Bonchev–Trinajstić information content (AvgIpc) is 3.83. The SMILES string of the molecule is C=CCn1ncc2c(-c3nnc(-c4cc(C)nn4CC)n3Cc3ccc(OC)cc3)cc(C(=O)NCc3ccc(OC)cc3OC)cc21. The molecule has 3 aromatic carbocycles. The Bertz CT molecular complexity index is 2090. The van der Waals surface area contributed by atoms with Crippen molar-refractivity contribution >= 4 is 16.8 Å². The maximum absolute atomic E-state index is 13.8. The van der Waals surface area contributed by atoms with Crippen molar-refractivity contribution in [3.8, 4) is 40.2 Å². The van der Waals surface area contributed by atoms with E-state index in [0.717, 1.165) is 44.7 Å². The highest BCUT2D eigenvalue weighted by atomic mass is 16.5. The summed E-state index contributed by atoms with van der Waals surface area (Å²) in [6.07, 6.45) is 3.57. The lowest BCUT2D eigenvalue weighted by atomic mass is 10.0. The van der Waals surface area contributed by atoms with E-state index >= 15 is 0 Å². The molecule has 1 amide bonds. The Morgan fingerprint density at radius 2 is 1.67 bits per heavy atom. The van der Waals surface area contributed by atoms with E-state index in [-0.39, 0.29) is 12.5 Å². The van der Waals surface area contributed by atoms with E-state index in [0.29, 0.717) is 48.3 Å². The van der Waals surface area contributed by atoms with Crippen molar-refractivity contribution in [2.24, 2.45) is 0 Å². The summed E-state index contributed by atoms with van der Waals surface area (Å²) in [6, 6.07) is 19.1. The third-order valence-electron chi connectivity index (χ3n) is 8.18. The van der Waals surface area contributed by atoms with Crippen LogP contribution in [-0.4, -0.2) is 61.6 Å². The van der Waals surface area contributed by atoms with E-state index in [1.807, 2.05) is 77.8 Å². The van der Waals surface area contributed by atoms with Crippen LogP contribution in [0.15, 0.2) is 79.5 Å². The second kappa shape index (κ2) is 13.8. The molecule has 12 nitrogen and oxygen atoms in total. The number of rotatable bonds is 13. The molecule has 6 aromatic rings. The van der Waals surface area contributed by atoms with E-state index in [1.54, 1.807) is 39.7 Å². The van der Waals surface area contributed by atoms with Crippen molar-refractivity contribution in [1.29, 1.82) is 0 Å². The number of aryl methyl sites for hydroxylation is 2. The van der Waals surface area contributed by atoms with Gasteiger partial charge in [-0.15, -0.1) is 16.8 Å². The molecule has 0 fully saturated rings. The number of hydrogen-bond donors (Lipinski definition) is 1. The van der Waals surface area contributed by atoms with Crippen LogP contribution in [0, 0.1) is 6.92 Å². The van der Waals surface area contributed by atoms with Crippen LogP contribution in [0.1, 0.15) is 34.1 Å². The number of allylic oxidation sites excluding steroid dienone is 1. The first-order chi connectivity index (χ1) is 23.4. The van der Waals surface area contributed by atoms with Crippen molar-refractivity contribution in [2.75, 3.05) is 21.3 Å². The Labute approximate surface area is 278 Å². The molecule has 246 valence electrons. The minimum Gasteiger partial charge on any atom is -0.497 e. The minimum absolute atomic E-state index is 0.253. The number of carbonyl (C=O) groups excluding carboxylic acids is 1. The molecule has 0 spiro atoms. The molecule has 0 radical (unpaired) electrons. The van der Waals surface area contributed by atoms with E-state index in [2.05, 4.69) is 26.7 Å². The molecule has 0 atom stereocenters. The van der Waals surface area contributed by atoms with Gasteiger partial charge in [0, 0.05) is 41.2 Å². The van der Waals surface area contributed by atoms with Crippen LogP contribution in [0.25, 0.3) is 33.8 Å². The van der Waals surface area contributed by atoms with Gasteiger partial charge in [0.05, 0.1) is 51.8 Å². The molecule has 3 aromatic heterocycles. The Hall–Kier alpha value is -5.91. The molecule has 0 aliphatic carbocycles. The number of amides is 1. The van der Waals surface area contributed by atoms with Crippen molar-refractivity contribution < 1.29 is 19.0 Å². The lowest BCUT2D eigenvalue weighted by Crippen LogP contribution is -2.23. The minimum atomic E-state index is -0.261. The second-order valence-corrected chi connectivity index (χ2v) is 11.2. The van der Waals surface area contributed by atoms with Crippen LogP contribution in [0.2, 0.25) is 0 Å². The number of methoxy groups -OCH3 is 3. The molecular formula is C36H38N8O4. The third-order valence-corrected chi connectivity index (χ3v) is 8.18. The van der Waals surface area contributed by atoms with Gasteiger partial charge in [-0.05, 0) is 61.9 Å².